The smallest absolute Gasteiger partial charge is 0.272 e. The summed E-state index contributed by atoms with van der Waals surface area (Å²) in [6, 6.07) is 8.58. The van der Waals surface area contributed by atoms with E-state index >= 15 is 0 Å². The Hall–Kier alpha value is -2.14. The number of carbonyl (C=O) groups excluding carboxylic acids is 1. The van der Waals surface area contributed by atoms with E-state index in [1.165, 1.54) is 11.3 Å². The quantitative estimate of drug-likeness (QED) is 0.658. The van der Waals surface area contributed by atoms with E-state index in [0.717, 1.165) is 0 Å². The van der Waals surface area contributed by atoms with Gasteiger partial charge in [0.1, 0.15) is 5.75 Å². The Morgan fingerprint density at radius 3 is 2.78 bits per heavy atom. The van der Waals surface area contributed by atoms with Crippen molar-refractivity contribution >= 4 is 23.0 Å². The first-order chi connectivity index (χ1) is 8.68. The first-order valence-corrected chi connectivity index (χ1v) is 6.28. The second-order valence-electron chi connectivity index (χ2n) is 3.67. The molecule has 2 aromatic rings. The molecule has 92 valence electrons. The van der Waals surface area contributed by atoms with Crippen LogP contribution in [0.1, 0.15) is 22.8 Å². The summed E-state index contributed by atoms with van der Waals surface area (Å²) in [6.07, 6.45) is 0. The lowest BCUT2D eigenvalue weighted by Gasteiger charge is -2.03. The number of hydrogen-bond acceptors (Lipinski definition) is 4. The molecule has 0 saturated heterocycles. The maximum Gasteiger partial charge on any atom is 0.272 e. The number of hydrogen-bond donors (Lipinski definition) is 2. The minimum Gasteiger partial charge on any atom is -0.507 e. The molecule has 0 spiro atoms. The van der Waals surface area contributed by atoms with Crippen molar-refractivity contribution in [3.63, 3.8) is 0 Å². The Bertz CT molecular complexity index is 576. The summed E-state index contributed by atoms with van der Waals surface area (Å²) in [5.41, 5.74) is 4.19. The van der Waals surface area contributed by atoms with E-state index in [1.807, 2.05) is 5.38 Å². The van der Waals surface area contributed by atoms with Crippen molar-refractivity contribution in [2.45, 2.75) is 6.92 Å². The Labute approximate surface area is 109 Å². The third kappa shape index (κ3) is 2.75. The molecule has 0 atom stereocenters. The number of phenolic OH excluding ortho intramolecular Hbond substituents is 1. The molecule has 4 nitrogen and oxygen atoms in total. The Morgan fingerprint density at radius 1 is 1.33 bits per heavy atom. The normalized spacial score (nSPS) is 11.3. The molecule has 2 N–H and O–H groups in total. The second-order valence-corrected chi connectivity index (χ2v) is 4.45. The summed E-state index contributed by atoms with van der Waals surface area (Å²) in [7, 11) is 0. The molecule has 0 aliphatic rings. The van der Waals surface area contributed by atoms with Crippen LogP contribution in [0, 0.1) is 0 Å². The zero-order valence-corrected chi connectivity index (χ0v) is 10.6. The number of carbonyl (C=O) groups is 1. The van der Waals surface area contributed by atoms with Gasteiger partial charge in [-0.05, 0) is 30.5 Å². The number of aromatic hydroxyl groups is 1. The van der Waals surface area contributed by atoms with Crippen molar-refractivity contribution in [1.29, 1.82) is 0 Å². The fraction of sp³-hybridized carbons (Fsp3) is 0.0769. The zero-order valence-electron chi connectivity index (χ0n) is 9.75. The average Bonchev–Trinajstić information content (AvgIpc) is 2.90. The molecular formula is C13H12N2O2S. The van der Waals surface area contributed by atoms with Crippen molar-refractivity contribution in [2.24, 2.45) is 5.10 Å². The Morgan fingerprint density at radius 2 is 2.11 bits per heavy atom. The molecule has 1 heterocycles. The molecule has 0 unspecified atom stereocenters. The van der Waals surface area contributed by atoms with E-state index in [0.29, 0.717) is 16.8 Å². The van der Waals surface area contributed by atoms with Gasteiger partial charge >= 0.3 is 0 Å². The van der Waals surface area contributed by atoms with Gasteiger partial charge in [-0.15, -0.1) is 0 Å². The molecule has 1 aromatic heterocycles. The highest BCUT2D eigenvalue weighted by Gasteiger charge is 2.06. The molecule has 0 aliphatic heterocycles. The van der Waals surface area contributed by atoms with Gasteiger partial charge < -0.3 is 5.11 Å². The maximum absolute atomic E-state index is 11.7. The van der Waals surface area contributed by atoms with Crippen LogP contribution in [0.15, 0.2) is 46.2 Å². The molecule has 1 amide bonds. The molecule has 0 aliphatic carbocycles. The number of benzene rings is 1. The van der Waals surface area contributed by atoms with Gasteiger partial charge in [-0.25, -0.2) is 5.43 Å². The molecule has 0 radical (unpaired) electrons. The second kappa shape index (κ2) is 5.46. The molecule has 0 saturated carbocycles. The van der Waals surface area contributed by atoms with Crippen molar-refractivity contribution < 1.29 is 9.90 Å². The molecule has 5 heteroatoms. The molecule has 1 aromatic carbocycles. The number of nitrogens with one attached hydrogen (secondary N) is 1. The lowest BCUT2D eigenvalue weighted by molar-refractivity contribution is 0.0955. The van der Waals surface area contributed by atoms with E-state index in [-0.39, 0.29) is 11.7 Å². The van der Waals surface area contributed by atoms with Crippen molar-refractivity contribution in [3.8, 4) is 5.75 Å². The molecule has 2 rings (SSSR count). The van der Waals surface area contributed by atoms with Crippen LogP contribution >= 0.6 is 11.3 Å². The van der Waals surface area contributed by atoms with Gasteiger partial charge in [0.25, 0.3) is 5.91 Å². The highest BCUT2D eigenvalue weighted by atomic mass is 32.1. The topological polar surface area (TPSA) is 61.7 Å². The van der Waals surface area contributed by atoms with Crippen LogP contribution in [0.3, 0.4) is 0 Å². The van der Waals surface area contributed by atoms with Crippen LogP contribution in [0.5, 0.6) is 5.75 Å². The number of phenols is 1. The van der Waals surface area contributed by atoms with E-state index in [4.69, 9.17) is 0 Å². The summed E-state index contributed by atoms with van der Waals surface area (Å²) < 4.78 is 0. The van der Waals surface area contributed by atoms with E-state index < -0.39 is 0 Å². The summed E-state index contributed by atoms with van der Waals surface area (Å²) in [5, 5.41) is 17.2. The van der Waals surface area contributed by atoms with Gasteiger partial charge in [0.15, 0.2) is 0 Å². The van der Waals surface area contributed by atoms with Crippen molar-refractivity contribution in [1.82, 2.24) is 5.43 Å². The minimum absolute atomic E-state index is 0.142. The highest BCUT2D eigenvalue weighted by Crippen LogP contribution is 2.16. The Kier molecular flexibility index (Phi) is 3.74. The van der Waals surface area contributed by atoms with Crippen LogP contribution < -0.4 is 5.43 Å². The van der Waals surface area contributed by atoms with Crippen LogP contribution in [-0.2, 0) is 0 Å². The Balaban J connectivity index is 2.11. The highest BCUT2D eigenvalue weighted by molar-refractivity contribution is 7.08. The van der Waals surface area contributed by atoms with E-state index in [9.17, 15) is 9.90 Å². The van der Waals surface area contributed by atoms with E-state index in [1.54, 1.807) is 42.6 Å². The maximum atomic E-state index is 11.7. The monoisotopic (exact) mass is 260 g/mol. The molecule has 0 fully saturated rings. The summed E-state index contributed by atoms with van der Waals surface area (Å²) >= 11 is 1.45. The van der Waals surface area contributed by atoms with E-state index in [2.05, 4.69) is 10.5 Å². The van der Waals surface area contributed by atoms with Gasteiger partial charge in [-0.1, -0.05) is 12.1 Å². The van der Waals surface area contributed by atoms with Gasteiger partial charge in [0.05, 0.1) is 11.3 Å². The van der Waals surface area contributed by atoms with Crippen molar-refractivity contribution in [3.05, 3.63) is 52.2 Å². The molecule has 0 bridgehead atoms. The number of rotatable bonds is 3. The van der Waals surface area contributed by atoms with Crippen LogP contribution in [0.2, 0.25) is 0 Å². The number of amides is 1. The predicted octanol–water partition coefficient (Wildman–Crippen LogP) is 2.61. The largest absolute Gasteiger partial charge is 0.507 e. The van der Waals surface area contributed by atoms with Gasteiger partial charge in [0.2, 0.25) is 0 Å². The number of nitrogens with zero attached hydrogens (tertiary/aromatic N) is 1. The van der Waals surface area contributed by atoms with Gasteiger partial charge in [0, 0.05) is 10.9 Å². The van der Waals surface area contributed by atoms with Crippen molar-refractivity contribution in [2.75, 3.05) is 0 Å². The number of hydrazone groups is 1. The third-order valence-electron chi connectivity index (χ3n) is 2.40. The first kappa shape index (κ1) is 12.3. The summed E-state index contributed by atoms with van der Waals surface area (Å²) in [6.45, 7) is 1.73. The average molecular weight is 260 g/mol. The molecule has 18 heavy (non-hydrogen) atoms. The fourth-order valence-electron chi connectivity index (χ4n) is 1.43. The van der Waals surface area contributed by atoms with Crippen LogP contribution in [0.25, 0.3) is 0 Å². The standard InChI is InChI=1S/C13H12N2O2S/c1-9(11-4-2-3-5-12(11)16)14-15-13(17)10-6-7-18-8-10/h2-8,16H,1H3,(H,15,17)/b14-9+. The lowest BCUT2D eigenvalue weighted by atomic mass is 10.1. The summed E-state index contributed by atoms with van der Waals surface area (Å²) in [5.74, 6) is -0.116. The number of para-hydroxylation sites is 1. The predicted molar refractivity (Wildman–Crippen MR) is 72.1 cm³/mol. The fourth-order valence-corrected chi connectivity index (χ4v) is 2.07. The van der Waals surface area contributed by atoms with Crippen LogP contribution in [-0.4, -0.2) is 16.7 Å². The first-order valence-electron chi connectivity index (χ1n) is 5.33. The zero-order chi connectivity index (χ0) is 13.0. The lowest BCUT2D eigenvalue weighted by Crippen LogP contribution is -2.18. The van der Waals surface area contributed by atoms with Gasteiger partial charge in [-0.2, -0.15) is 16.4 Å². The third-order valence-corrected chi connectivity index (χ3v) is 3.09. The SMILES string of the molecule is C/C(=N\NC(=O)c1ccsc1)c1ccccc1O. The van der Waals surface area contributed by atoms with Crippen LogP contribution in [0.4, 0.5) is 0 Å². The molecular weight excluding hydrogens is 248 g/mol. The minimum atomic E-state index is -0.258. The number of thiophene rings is 1. The summed E-state index contributed by atoms with van der Waals surface area (Å²) in [4.78, 5) is 11.7. The van der Waals surface area contributed by atoms with Gasteiger partial charge in [-0.3, -0.25) is 4.79 Å².